The van der Waals surface area contributed by atoms with Crippen molar-refractivity contribution in [2.45, 2.75) is 51.2 Å². The second-order valence-electron chi connectivity index (χ2n) is 10.00. The predicted molar refractivity (Wildman–Crippen MR) is 146 cm³/mol. The number of imide groups is 1. The Kier molecular flexibility index (Phi) is 6.75. The number of para-hydroxylation sites is 2. The van der Waals surface area contributed by atoms with Crippen LogP contribution in [0.1, 0.15) is 48.0 Å². The van der Waals surface area contributed by atoms with Gasteiger partial charge in [0.1, 0.15) is 6.04 Å². The SMILES string of the molecule is O=C1CCC(N2Cc3ccc(NCCCCCn4cc(-c5cnc6ccccc6n5)cn4)cc3C2=O)C(=O)N1. The van der Waals surface area contributed by atoms with Crippen molar-refractivity contribution in [3.05, 3.63) is 72.2 Å². The number of carbonyl (C=O) groups is 3. The highest BCUT2D eigenvalue weighted by molar-refractivity contribution is 6.05. The van der Waals surface area contributed by atoms with Crippen LogP contribution in [0.15, 0.2) is 61.1 Å². The summed E-state index contributed by atoms with van der Waals surface area (Å²) in [5, 5.41) is 10.2. The van der Waals surface area contributed by atoms with Gasteiger partial charge in [-0.1, -0.05) is 18.2 Å². The first-order valence-electron chi connectivity index (χ1n) is 13.3. The lowest BCUT2D eigenvalue weighted by Gasteiger charge is -2.29. The Labute approximate surface area is 225 Å². The van der Waals surface area contributed by atoms with Crippen LogP contribution in [0.5, 0.6) is 0 Å². The van der Waals surface area contributed by atoms with E-state index in [2.05, 4.69) is 20.7 Å². The molecule has 2 N–H and O–H groups in total. The van der Waals surface area contributed by atoms with Gasteiger partial charge in [0.05, 0.1) is 29.1 Å². The molecule has 4 heterocycles. The normalized spacial score (nSPS) is 17.0. The number of nitrogens with zero attached hydrogens (tertiary/aromatic N) is 5. The van der Waals surface area contributed by atoms with Crippen LogP contribution in [-0.2, 0) is 22.7 Å². The molecule has 0 spiro atoms. The van der Waals surface area contributed by atoms with Gasteiger partial charge < -0.3 is 10.2 Å². The van der Waals surface area contributed by atoms with Crippen LogP contribution >= 0.6 is 0 Å². The Morgan fingerprint density at radius 2 is 1.87 bits per heavy atom. The molecule has 0 aliphatic carbocycles. The van der Waals surface area contributed by atoms with Gasteiger partial charge in [-0.25, -0.2) is 4.98 Å². The number of fused-ring (bicyclic) bond motifs is 2. The van der Waals surface area contributed by atoms with Gasteiger partial charge in [0.25, 0.3) is 5.91 Å². The van der Waals surface area contributed by atoms with Crippen molar-refractivity contribution in [3.8, 4) is 11.3 Å². The third kappa shape index (κ3) is 5.22. The van der Waals surface area contributed by atoms with Crippen LogP contribution in [0, 0.1) is 0 Å². The van der Waals surface area contributed by atoms with E-state index in [4.69, 9.17) is 4.98 Å². The number of anilines is 1. The highest BCUT2D eigenvalue weighted by Gasteiger charge is 2.39. The lowest BCUT2D eigenvalue weighted by atomic mass is 10.0. The molecular weight excluding hydrogens is 494 g/mol. The van der Waals surface area contributed by atoms with Crippen LogP contribution < -0.4 is 10.6 Å². The van der Waals surface area contributed by atoms with Crippen LogP contribution in [0.2, 0.25) is 0 Å². The number of hydrogen-bond acceptors (Lipinski definition) is 7. The summed E-state index contributed by atoms with van der Waals surface area (Å²) in [7, 11) is 0. The summed E-state index contributed by atoms with van der Waals surface area (Å²) >= 11 is 0. The number of amides is 3. The highest BCUT2D eigenvalue weighted by atomic mass is 16.2. The minimum absolute atomic E-state index is 0.156. The topological polar surface area (TPSA) is 122 Å². The summed E-state index contributed by atoms with van der Waals surface area (Å²) in [6.07, 6.45) is 9.26. The zero-order chi connectivity index (χ0) is 26.8. The smallest absolute Gasteiger partial charge is 0.255 e. The van der Waals surface area contributed by atoms with E-state index >= 15 is 0 Å². The van der Waals surface area contributed by atoms with Crippen LogP contribution in [0.3, 0.4) is 0 Å². The maximum absolute atomic E-state index is 13.0. The molecule has 2 aliphatic rings. The third-order valence-electron chi connectivity index (χ3n) is 7.30. The number of hydrogen-bond donors (Lipinski definition) is 2. The van der Waals surface area contributed by atoms with Crippen molar-refractivity contribution in [1.29, 1.82) is 0 Å². The van der Waals surface area contributed by atoms with Crippen LogP contribution in [0.25, 0.3) is 22.3 Å². The summed E-state index contributed by atoms with van der Waals surface area (Å²) in [4.78, 5) is 47.4. The van der Waals surface area contributed by atoms with Crippen molar-refractivity contribution in [2.24, 2.45) is 0 Å². The van der Waals surface area contributed by atoms with Gasteiger partial charge in [0, 0.05) is 49.1 Å². The molecule has 0 bridgehead atoms. The Hall–Kier alpha value is -4.60. The average molecular weight is 524 g/mol. The quantitative estimate of drug-likeness (QED) is 0.254. The first kappa shape index (κ1) is 24.7. The van der Waals surface area contributed by atoms with E-state index in [1.54, 1.807) is 11.1 Å². The third-order valence-corrected chi connectivity index (χ3v) is 7.30. The Bertz CT molecular complexity index is 1560. The molecule has 2 aromatic heterocycles. The zero-order valence-corrected chi connectivity index (χ0v) is 21.5. The fraction of sp³-hybridized carbons (Fsp3) is 0.310. The molecule has 1 fully saturated rings. The molecule has 1 atom stereocenters. The average Bonchev–Trinajstić information content (AvgIpc) is 3.55. The van der Waals surface area contributed by atoms with E-state index in [0.29, 0.717) is 18.5 Å². The maximum Gasteiger partial charge on any atom is 0.255 e. The van der Waals surface area contributed by atoms with Gasteiger partial charge in [-0.2, -0.15) is 5.10 Å². The van der Waals surface area contributed by atoms with E-state index < -0.39 is 6.04 Å². The maximum atomic E-state index is 13.0. The summed E-state index contributed by atoms with van der Waals surface area (Å²) in [6.45, 7) is 2.01. The Morgan fingerprint density at radius 1 is 1.00 bits per heavy atom. The fourth-order valence-corrected chi connectivity index (χ4v) is 5.19. The van der Waals surface area contributed by atoms with Crippen LogP contribution in [0.4, 0.5) is 5.69 Å². The zero-order valence-electron chi connectivity index (χ0n) is 21.5. The first-order valence-corrected chi connectivity index (χ1v) is 13.3. The molecule has 1 saturated heterocycles. The van der Waals surface area contributed by atoms with Crippen LogP contribution in [-0.4, -0.2) is 55.0 Å². The number of aryl methyl sites for hydroxylation is 1. The van der Waals surface area contributed by atoms with E-state index in [0.717, 1.165) is 65.9 Å². The molecule has 0 radical (unpaired) electrons. The van der Waals surface area contributed by atoms with E-state index in [-0.39, 0.29) is 24.1 Å². The molecule has 2 aliphatic heterocycles. The van der Waals surface area contributed by atoms with Gasteiger partial charge in [-0.3, -0.25) is 29.4 Å². The second kappa shape index (κ2) is 10.6. The molecule has 1 unspecified atom stereocenters. The number of aromatic nitrogens is 4. The van der Waals surface area contributed by atoms with Crippen molar-refractivity contribution in [2.75, 3.05) is 11.9 Å². The molecule has 0 saturated carbocycles. The number of rotatable bonds is 9. The standard InChI is InChI=1S/C29H29N7O3/c37-27-11-10-26(28(38)34-27)36-18-19-8-9-21(14-22(19)29(36)39)30-12-4-1-5-13-35-17-20(15-32-35)25-16-31-23-6-2-3-7-24(23)33-25/h2-3,6-9,14-17,26,30H,1,4-5,10-13,18H2,(H,34,37,38). The highest BCUT2D eigenvalue weighted by Crippen LogP contribution is 2.29. The van der Waals surface area contributed by atoms with Crippen molar-refractivity contribution in [3.63, 3.8) is 0 Å². The monoisotopic (exact) mass is 523 g/mol. The first-order chi connectivity index (χ1) is 19.0. The Morgan fingerprint density at radius 3 is 2.74 bits per heavy atom. The molecule has 198 valence electrons. The molecule has 6 rings (SSSR count). The van der Waals surface area contributed by atoms with E-state index in [9.17, 15) is 14.4 Å². The molecule has 3 amide bonds. The molecule has 39 heavy (non-hydrogen) atoms. The Balaban J connectivity index is 0.958. The summed E-state index contributed by atoms with van der Waals surface area (Å²) in [5.74, 6) is -0.826. The number of benzene rings is 2. The summed E-state index contributed by atoms with van der Waals surface area (Å²) < 4.78 is 1.94. The fourth-order valence-electron chi connectivity index (χ4n) is 5.19. The molecular formula is C29H29N7O3. The molecule has 10 nitrogen and oxygen atoms in total. The second-order valence-corrected chi connectivity index (χ2v) is 10.00. The number of piperidine rings is 1. The van der Waals surface area contributed by atoms with E-state index in [1.807, 2.05) is 59.5 Å². The van der Waals surface area contributed by atoms with Gasteiger partial charge in [-0.05, 0) is 55.5 Å². The number of nitrogens with one attached hydrogen (secondary N) is 2. The lowest BCUT2D eigenvalue weighted by Crippen LogP contribution is -2.52. The molecule has 4 aromatic rings. The lowest BCUT2D eigenvalue weighted by molar-refractivity contribution is -0.136. The largest absolute Gasteiger partial charge is 0.385 e. The van der Waals surface area contributed by atoms with E-state index in [1.165, 1.54) is 0 Å². The number of carbonyl (C=O) groups excluding carboxylic acids is 3. The predicted octanol–water partition coefficient (Wildman–Crippen LogP) is 3.54. The molecule has 10 heteroatoms. The van der Waals surface area contributed by atoms with Crippen molar-refractivity contribution in [1.82, 2.24) is 30.0 Å². The number of unbranched alkanes of at least 4 members (excludes halogenated alkanes) is 2. The molecule has 2 aromatic carbocycles. The van der Waals surface area contributed by atoms with Gasteiger partial charge in [0.2, 0.25) is 11.8 Å². The minimum Gasteiger partial charge on any atom is -0.385 e. The van der Waals surface area contributed by atoms with Gasteiger partial charge in [-0.15, -0.1) is 0 Å². The minimum atomic E-state index is -0.592. The summed E-state index contributed by atoms with van der Waals surface area (Å²) in [6, 6.07) is 13.0. The van der Waals surface area contributed by atoms with Gasteiger partial charge in [0.15, 0.2) is 0 Å². The summed E-state index contributed by atoms with van der Waals surface area (Å²) in [5.41, 5.74) is 5.94. The van der Waals surface area contributed by atoms with Crippen molar-refractivity contribution < 1.29 is 14.4 Å². The van der Waals surface area contributed by atoms with Gasteiger partial charge >= 0.3 is 0 Å². The van der Waals surface area contributed by atoms with Crippen molar-refractivity contribution >= 4 is 34.4 Å².